The zero-order valence-corrected chi connectivity index (χ0v) is 19.8. The molecule has 2 heterocycles. The molecule has 1 N–H and O–H groups in total. The lowest BCUT2D eigenvalue weighted by atomic mass is 9.97. The Balaban J connectivity index is 0.000000241. The second kappa shape index (κ2) is 10.2. The van der Waals surface area contributed by atoms with Gasteiger partial charge in [-0.3, -0.25) is 14.4 Å². The molecule has 0 radical (unpaired) electrons. The van der Waals surface area contributed by atoms with Crippen molar-refractivity contribution in [2.45, 2.75) is 85.1 Å². The molecule has 174 valence electrons. The van der Waals surface area contributed by atoms with Crippen LogP contribution in [0.5, 0.6) is 0 Å². The van der Waals surface area contributed by atoms with Crippen LogP contribution in [0, 0.1) is 11.8 Å². The number of hydrogen-bond donors (Lipinski definition) is 1. The Morgan fingerprint density at radius 3 is 2.16 bits per heavy atom. The summed E-state index contributed by atoms with van der Waals surface area (Å²) < 4.78 is 15.0. The highest BCUT2D eigenvalue weighted by Crippen LogP contribution is 2.38. The van der Waals surface area contributed by atoms with Crippen LogP contribution in [0.1, 0.15) is 86.4 Å². The van der Waals surface area contributed by atoms with Crippen LogP contribution >= 0.6 is 0 Å². The highest BCUT2D eigenvalue weighted by Gasteiger charge is 2.36. The standard InChI is InChI=1S/C12H21N3O2.C12H14N2O/c1-5-9(11(17)8(2)3)13-10(16)6-7-12(4)14-15-12;1-8(2)11(15)9-4-6-10(7-5-9)12(3)13-14-12/h8-9H,5-7H2,1-4H3,(H,13,16);4-8H,1-3H3/i1T;4T. The topological polar surface area (TPSA) is 113 Å². The molecule has 2 aliphatic heterocycles. The maximum atomic E-state index is 11.8. The molecule has 0 fully saturated rings. The van der Waals surface area contributed by atoms with Crippen molar-refractivity contribution in [2.75, 3.05) is 0 Å². The van der Waals surface area contributed by atoms with Crippen molar-refractivity contribution in [3.63, 3.8) is 0 Å². The van der Waals surface area contributed by atoms with E-state index in [1.165, 1.54) is 0 Å². The van der Waals surface area contributed by atoms with Gasteiger partial charge in [0.1, 0.15) is 0 Å². The van der Waals surface area contributed by atoms with Crippen molar-refractivity contribution in [3.8, 4) is 0 Å². The molecule has 32 heavy (non-hydrogen) atoms. The summed E-state index contributed by atoms with van der Waals surface area (Å²) in [6.45, 7) is 11.1. The van der Waals surface area contributed by atoms with Crippen molar-refractivity contribution in [1.82, 2.24) is 5.32 Å². The van der Waals surface area contributed by atoms with Gasteiger partial charge in [0, 0.05) is 37.2 Å². The predicted molar refractivity (Wildman–Crippen MR) is 122 cm³/mol. The number of carbonyl (C=O) groups is 3. The Bertz CT molecular complexity index is 979. The molecule has 0 saturated carbocycles. The number of rotatable bonds is 10. The molecule has 8 heteroatoms. The molecule has 8 nitrogen and oxygen atoms in total. The first kappa shape index (κ1) is 22.4. The largest absolute Gasteiger partial charge is 0.346 e. The molecule has 0 aromatic heterocycles. The third-order valence-electron chi connectivity index (χ3n) is 5.35. The monoisotopic (exact) mass is 445 g/mol. The van der Waals surface area contributed by atoms with E-state index in [-0.39, 0.29) is 47.9 Å². The summed E-state index contributed by atoms with van der Waals surface area (Å²) in [4.78, 5) is 35.3. The molecule has 1 aromatic rings. The number of carbonyl (C=O) groups excluding carboxylic acids is 3. The number of amides is 1. The summed E-state index contributed by atoms with van der Waals surface area (Å²) in [5.41, 5.74) is 0.486. The number of Topliss-reactive ketones (excluding diaryl/α,β-unsaturated/α-hetero) is 2. The van der Waals surface area contributed by atoms with Gasteiger partial charge in [-0.25, -0.2) is 0 Å². The van der Waals surface area contributed by atoms with E-state index in [2.05, 4.69) is 25.8 Å². The summed E-state index contributed by atoms with van der Waals surface area (Å²) in [5, 5.41) is 18.2. The van der Waals surface area contributed by atoms with Gasteiger partial charge in [-0.15, -0.1) is 0 Å². The maximum absolute atomic E-state index is 11.8. The number of ketones is 2. The Kier molecular flexibility index (Phi) is 7.17. The normalized spacial score (nSPS) is 18.2. The van der Waals surface area contributed by atoms with E-state index in [1.54, 1.807) is 26.0 Å². The van der Waals surface area contributed by atoms with Crippen LogP contribution in [-0.4, -0.2) is 29.2 Å². The van der Waals surface area contributed by atoms with Crippen LogP contribution < -0.4 is 5.32 Å². The molecule has 0 saturated heterocycles. The molecule has 3 rings (SSSR count). The SMILES string of the molecule is [3H]CCC(NC(=O)CCC1(C)N=N1)C(=O)C(C)C.[3H]c1cc(C2(C)N=N2)ccc1C(=O)C(C)C. The van der Waals surface area contributed by atoms with Crippen molar-refractivity contribution in [1.29, 1.82) is 0 Å². The summed E-state index contributed by atoms with van der Waals surface area (Å²) >= 11 is 0. The molecule has 2 aliphatic rings. The summed E-state index contributed by atoms with van der Waals surface area (Å²) in [7, 11) is 0. The minimum absolute atomic E-state index is 0.00591. The van der Waals surface area contributed by atoms with E-state index in [0.717, 1.165) is 5.56 Å². The number of nitrogens with zero attached hydrogens (tertiary/aromatic N) is 4. The highest BCUT2D eigenvalue weighted by molar-refractivity contribution is 5.97. The number of benzene rings is 1. The first-order chi connectivity index (χ1) is 15.8. The van der Waals surface area contributed by atoms with Gasteiger partial charge in [-0.1, -0.05) is 58.8 Å². The second-order valence-corrected chi connectivity index (χ2v) is 9.11. The zero-order valence-electron chi connectivity index (χ0n) is 21.8. The zero-order chi connectivity index (χ0) is 25.7. The van der Waals surface area contributed by atoms with Crippen molar-refractivity contribution in [3.05, 3.63) is 35.4 Å². The van der Waals surface area contributed by atoms with Crippen LogP contribution in [0.2, 0.25) is 0 Å². The van der Waals surface area contributed by atoms with Crippen LogP contribution in [-0.2, 0) is 15.3 Å². The lowest BCUT2D eigenvalue weighted by Gasteiger charge is -2.18. The van der Waals surface area contributed by atoms with E-state index in [1.807, 2.05) is 33.8 Å². The highest BCUT2D eigenvalue weighted by atomic mass is 16.2. The summed E-state index contributed by atoms with van der Waals surface area (Å²) in [5.74, 6) is -0.386. The Labute approximate surface area is 193 Å². The maximum Gasteiger partial charge on any atom is 0.220 e. The van der Waals surface area contributed by atoms with Crippen molar-refractivity contribution < 1.29 is 17.1 Å². The third-order valence-corrected chi connectivity index (χ3v) is 5.35. The Morgan fingerprint density at radius 2 is 1.69 bits per heavy atom. The molecule has 0 spiro atoms. The summed E-state index contributed by atoms with van der Waals surface area (Å²) in [6.07, 6.45) is 1.25. The molecule has 0 aliphatic carbocycles. The average molecular weight is 446 g/mol. The first-order valence-electron chi connectivity index (χ1n) is 12.2. The van der Waals surface area contributed by atoms with Crippen molar-refractivity contribution in [2.24, 2.45) is 32.3 Å². The van der Waals surface area contributed by atoms with E-state index in [0.29, 0.717) is 24.8 Å². The van der Waals surface area contributed by atoms with E-state index in [9.17, 15) is 14.4 Å². The molecule has 1 unspecified atom stereocenters. The third kappa shape index (κ3) is 7.14. The van der Waals surface area contributed by atoms with Gasteiger partial charge in [-0.2, -0.15) is 20.5 Å². The van der Waals surface area contributed by atoms with Crippen LogP contribution in [0.25, 0.3) is 0 Å². The number of nitrogens with one attached hydrogen (secondary N) is 1. The lowest BCUT2D eigenvalue weighted by Crippen LogP contribution is -2.42. The van der Waals surface area contributed by atoms with E-state index < -0.39 is 11.7 Å². The van der Waals surface area contributed by atoms with E-state index in [4.69, 9.17) is 2.74 Å². The van der Waals surface area contributed by atoms with Crippen LogP contribution in [0.15, 0.2) is 44.7 Å². The molecule has 1 atom stereocenters. The van der Waals surface area contributed by atoms with Gasteiger partial charge in [0.2, 0.25) is 11.6 Å². The molecule has 1 amide bonds. The van der Waals surface area contributed by atoms with Crippen molar-refractivity contribution >= 4 is 17.5 Å². The lowest BCUT2D eigenvalue weighted by molar-refractivity contribution is -0.129. The molecular formula is C24H35N5O3. The quantitative estimate of drug-likeness (QED) is 0.497. The second-order valence-electron chi connectivity index (χ2n) is 9.11. The van der Waals surface area contributed by atoms with E-state index >= 15 is 0 Å². The van der Waals surface area contributed by atoms with Gasteiger partial charge in [-0.05, 0) is 20.3 Å². The summed E-state index contributed by atoms with van der Waals surface area (Å²) in [6, 6.07) is 4.93. The average Bonchev–Trinajstić information content (AvgIpc) is 3.70. The minimum Gasteiger partial charge on any atom is -0.346 e. The van der Waals surface area contributed by atoms with Gasteiger partial charge >= 0.3 is 0 Å². The first-order valence-corrected chi connectivity index (χ1v) is 11.0. The number of hydrogen-bond acceptors (Lipinski definition) is 7. The van der Waals surface area contributed by atoms with Gasteiger partial charge in [0.25, 0.3) is 0 Å². The molecule has 1 aromatic carbocycles. The molecule has 0 bridgehead atoms. The molecular weight excluding hydrogens is 406 g/mol. The van der Waals surface area contributed by atoms with Gasteiger partial charge in [0.05, 0.1) is 7.41 Å². The Morgan fingerprint density at radius 1 is 1.03 bits per heavy atom. The van der Waals surface area contributed by atoms with Gasteiger partial charge < -0.3 is 5.32 Å². The smallest absolute Gasteiger partial charge is 0.220 e. The minimum atomic E-state index is -0.532. The fourth-order valence-corrected chi connectivity index (χ4v) is 2.86. The van der Waals surface area contributed by atoms with Gasteiger partial charge in [0.15, 0.2) is 17.2 Å². The van der Waals surface area contributed by atoms with Crippen LogP contribution in [0.4, 0.5) is 0 Å². The fraction of sp³-hybridized carbons (Fsp3) is 0.625. The Hall–Kier alpha value is -2.77. The fourth-order valence-electron chi connectivity index (χ4n) is 2.86. The predicted octanol–water partition coefficient (Wildman–Crippen LogP) is 5.23. The van der Waals surface area contributed by atoms with Crippen LogP contribution in [0.3, 0.4) is 0 Å².